The summed E-state index contributed by atoms with van der Waals surface area (Å²) in [6.45, 7) is 0. The molecule has 0 saturated heterocycles. The molecule has 3 aromatic carbocycles. The Morgan fingerprint density at radius 2 is 0.921 bits per heavy atom. The number of rotatable bonds is 10. The lowest BCUT2D eigenvalue weighted by Crippen LogP contribution is -1.87. The molecule has 0 unspecified atom stereocenters. The lowest BCUT2D eigenvalue weighted by atomic mass is 10.2. The van der Waals surface area contributed by atoms with Crippen molar-refractivity contribution in [2.75, 3.05) is 0 Å². The van der Waals surface area contributed by atoms with Crippen molar-refractivity contribution in [2.45, 2.75) is 21.3 Å². The normalized spacial score (nSPS) is 11.4. The van der Waals surface area contributed by atoms with Crippen molar-refractivity contribution in [2.24, 2.45) is 9.98 Å². The van der Waals surface area contributed by atoms with Crippen LogP contribution in [0.25, 0.3) is 0 Å². The average Bonchev–Trinajstić information content (AvgIpc) is 2.99. The Bertz CT molecular complexity index is 1390. The van der Waals surface area contributed by atoms with E-state index in [4.69, 9.17) is 0 Å². The van der Waals surface area contributed by atoms with Gasteiger partial charge in [0.05, 0.1) is 35.2 Å². The summed E-state index contributed by atoms with van der Waals surface area (Å²) in [7, 11) is 0. The van der Waals surface area contributed by atoms with Gasteiger partial charge in [0.2, 0.25) is 0 Å². The molecule has 0 bridgehead atoms. The number of hydrogen-bond donors (Lipinski definition) is 0. The van der Waals surface area contributed by atoms with E-state index in [9.17, 15) is 0 Å². The molecule has 0 radical (unpaired) electrons. The molecule has 5 rings (SSSR count). The molecule has 0 fully saturated rings. The largest absolute Gasteiger partial charge is 0.255 e. The van der Waals surface area contributed by atoms with Crippen molar-refractivity contribution in [3.05, 3.63) is 144 Å². The zero-order chi connectivity index (χ0) is 25.8. The fraction of sp³-hybridized carbons (Fsp3) is 0.0625. The molecule has 0 spiro atoms. The van der Waals surface area contributed by atoms with Gasteiger partial charge in [0, 0.05) is 33.7 Å². The number of aliphatic imine (C=N–C) groups is 2. The SMILES string of the molecule is C(=Nc1ccccc1SCc1ccc(CSc2ccccc2N=Cc2ccccn2)cc1)c1ccccn1. The van der Waals surface area contributed by atoms with E-state index in [2.05, 4.69) is 68.5 Å². The minimum absolute atomic E-state index is 0.850. The fourth-order valence-electron chi connectivity index (χ4n) is 3.60. The van der Waals surface area contributed by atoms with Gasteiger partial charge in [-0.05, 0) is 59.7 Å². The summed E-state index contributed by atoms with van der Waals surface area (Å²) in [5, 5.41) is 0. The molecular weight excluding hydrogens is 505 g/mol. The van der Waals surface area contributed by atoms with Crippen molar-refractivity contribution in [3.8, 4) is 0 Å². The Balaban J connectivity index is 1.18. The average molecular weight is 531 g/mol. The number of aromatic nitrogens is 2. The van der Waals surface area contributed by atoms with E-state index in [1.807, 2.05) is 73.1 Å². The maximum atomic E-state index is 4.67. The predicted molar refractivity (Wildman–Crippen MR) is 161 cm³/mol. The highest BCUT2D eigenvalue weighted by Crippen LogP contribution is 2.33. The smallest absolute Gasteiger partial charge is 0.0812 e. The highest BCUT2D eigenvalue weighted by Gasteiger charge is 2.05. The van der Waals surface area contributed by atoms with Crippen LogP contribution < -0.4 is 0 Å². The van der Waals surface area contributed by atoms with Gasteiger partial charge in [0.15, 0.2) is 0 Å². The van der Waals surface area contributed by atoms with E-state index < -0.39 is 0 Å². The third kappa shape index (κ3) is 7.51. The van der Waals surface area contributed by atoms with Crippen LogP contribution in [-0.4, -0.2) is 22.4 Å². The molecule has 0 aliphatic heterocycles. The predicted octanol–water partition coefficient (Wildman–Crippen LogP) is 8.56. The van der Waals surface area contributed by atoms with Crippen LogP contribution in [0.5, 0.6) is 0 Å². The summed E-state index contributed by atoms with van der Waals surface area (Å²) in [6.07, 6.45) is 7.18. The van der Waals surface area contributed by atoms with Crippen LogP contribution in [0.3, 0.4) is 0 Å². The van der Waals surface area contributed by atoms with Gasteiger partial charge in [-0.15, -0.1) is 23.5 Å². The molecule has 0 amide bonds. The van der Waals surface area contributed by atoms with Crippen molar-refractivity contribution < 1.29 is 0 Å². The summed E-state index contributed by atoms with van der Waals surface area (Å²) < 4.78 is 0. The van der Waals surface area contributed by atoms with Gasteiger partial charge in [-0.3, -0.25) is 20.0 Å². The van der Waals surface area contributed by atoms with Crippen molar-refractivity contribution in [3.63, 3.8) is 0 Å². The number of nitrogens with zero attached hydrogens (tertiary/aromatic N) is 4. The molecule has 38 heavy (non-hydrogen) atoms. The zero-order valence-electron chi connectivity index (χ0n) is 20.7. The molecule has 5 aromatic rings. The van der Waals surface area contributed by atoms with Gasteiger partial charge >= 0.3 is 0 Å². The molecule has 2 aromatic heterocycles. The van der Waals surface area contributed by atoms with Crippen LogP contribution in [0, 0.1) is 0 Å². The monoisotopic (exact) mass is 530 g/mol. The molecule has 2 heterocycles. The van der Waals surface area contributed by atoms with Gasteiger partial charge < -0.3 is 0 Å². The molecule has 0 aliphatic rings. The molecule has 6 heteroatoms. The van der Waals surface area contributed by atoms with Crippen molar-refractivity contribution in [1.29, 1.82) is 0 Å². The molecule has 0 saturated carbocycles. The summed E-state index contributed by atoms with van der Waals surface area (Å²) in [5.74, 6) is 1.77. The summed E-state index contributed by atoms with van der Waals surface area (Å²) in [4.78, 5) is 20.3. The van der Waals surface area contributed by atoms with Crippen LogP contribution in [-0.2, 0) is 11.5 Å². The first-order valence-corrected chi connectivity index (χ1v) is 14.2. The number of benzene rings is 3. The topological polar surface area (TPSA) is 50.5 Å². The number of thioether (sulfide) groups is 2. The number of pyridine rings is 2. The van der Waals surface area contributed by atoms with Gasteiger partial charge in [-0.25, -0.2) is 0 Å². The first-order chi connectivity index (χ1) is 18.8. The highest BCUT2D eigenvalue weighted by molar-refractivity contribution is 7.99. The Morgan fingerprint density at radius 3 is 1.34 bits per heavy atom. The Labute approximate surface area is 232 Å². The molecular formula is C32H26N4S2. The second-order valence-corrected chi connectivity index (χ2v) is 10.4. The number of hydrogen-bond acceptors (Lipinski definition) is 6. The Hall–Kier alpha value is -4.00. The molecule has 4 nitrogen and oxygen atoms in total. The molecule has 0 N–H and O–H groups in total. The van der Waals surface area contributed by atoms with E-state index in [1.54, 1.807) is 35.9 Å². The third-order valence-corrected chi connectivity index (χ3v) is 7.86. The quantitative estimate of drug-likeness (QED) is 0.134. The first kappa shape index (κ1) is 25.6. The number of para-hydroxylation sites is 2. The van der Waals surface area contributed by atoms with E-state index in [0.29, 0.717) is 0 Å². The maximum Gasteiger partial charge on any atom is 0.0812 e. The van der Waals surface area contributed by atoms with Gasteiger partial charge in [0.1, 0.15) is 0 Å². The summed E-state index contributed by atoms with van der Waals surface area (Å²) >= 11 is 3.59. The maximum absolute atomic E-state index is 4.67. The molecule has 0 atom stereocenters. The van der Waals surface area contributed by atoms with Crippen LogP contribution in [0.15, 0.2) is 141 Å². The van der Waals surface area contributed by atoms with Gasteiger partial charge in [-0.1, -0.05) is 60.7 Å². The zero-order valence-corrected chi connectivity index (χ0v) is 22.4. The van der Waals surface area contributed by atoms with Crippen LogP contribution in [0.1, 0.15) is 22.5 Å². The van der Waals surface area contributed by atoms with Gasteiger partial charge in [-0.2, -0.15) is 0 Å². The van der Waals surface area contributed by atoms with E-state index in [1.165, 1.54) is 11.1 Å². The molecule has 0 aliphatic carbocycles. The van der Waals surface area contributed by atoms with E-state index in [-0.39, 0.29) is 0 Å². The van der Waals surface area contributed by atoms with E-state index >= 15 is 0 Å². The standard InChI is InChI=1S/C32H26N4S2/c1-3-13-31(29(11-1)35-21-27-9-5-7-19-33-27)37-23-25-15-17-26(18-16-25)24-38-32-14-4-2-12-30(32)36-22-28-10-6-8-20-34-28/h1-22H,23-24H2. The second kappa shape index (κ2) is 13.5. The van der Waals surface area contributed by atoms with Crippen molar-refractivity contribution in [1.82, 2.24) is 9.97 Å². The summed E-state index contributed by atoms with van der Waals surface area (Å²) in [6, 6.07) is 37.0. The second-order valence-electron chi connectivity index (χ2n) is 8.35. The summed E-state index contributed by atoms with van der Waals surface area (Å²) in [5.41, 5.74) is 6.19. The van der Waals surface area contributed by atoms with Gasteiger partial charge in [0.25, 0.3) is 0 Å². The van der Waals surface area contributed by atoms with Crippen LogP contribution >= 0.6 is 23.5 Å². The van der Waals surface area contributed by atoms with Crippen LogP contribution in [0.2, 0.25) is 0 Å². The highest BCUT2D eigenvalue weighted by atomic mass is 32.2. The Kier molecular flexibility index (Phi) is 9.12. The Morgan fingerprint density at radius 1 is 0.500 bits per heavy atom. The first-order valence-electron chi connectivity index (χ1n) is 12.3. The molecule has 186 valence electrons. The van der Waals surface area contributed by atoms with Crippen molar-refractivity contribution >= 4 is 47.3 Å². The van der Waals surface area contributed by atoms with Crippen LogP contribution in [0.4, 0.5) is 11.4 Å². The lowest BCUT2D eigenvalue weighted by molar-refractivity contribution is 1.29. The third-order valence-electron chi connectivity index (χ3n) is 5.59. The lowest BCUT2D eigenvalue weighted by Gasteiger charge is -2.08. The minimum atomic E-state index is 0.850. The van der Waals surface area contributed by atoms with E-state index in [0.717, 1.165) is 44.1 Å². The minimum Gasteiger partial charge on any atom is -0.255 e. The fourth-order valence-corrected chi connectivity index (χ4v) is 5.52.